The highest BCUT2D eigenvalue weighted by atomic mass is 14.0. The van der Waals surface area contributed by atoms with E-state index in [1.807, 2.05) is 0 Å². The van der Waals surface area contributed by atoms with E-state index in [4.69, 9.17) is 0 Å². The minimum atomic E-state index is 1.25. The van der Waals surface area contributed by atoms with Gasteiger partial charge in [0, 0.05) is 0 Å². The summed E-state index contributed by atoms with van der Waals surface area (Å²) >= 11 is 0. The van der Waals surface area contributed by atoms with Crippen molar-refractivity contribution in [3.05, 3.63) is 23.3 Å². The van der Waals surface area contributed by atoms with Gasteiger partial charge in [-0.05, 0) is 33.1 Å². The van der Waals surface area contributed by atoms with Gasteiger partial charge in [0.25, 0.3) is 0 Å². The first-order valence-electron chi connectivity index (χ1n) is 6.54. The van der Waals surface area contributed by atoms with Gasteiger partial charge in [-0.2, -0.15) is 0 Å². The largest absolute Gasteiger partial charge is 0.0813 e. The Labute approximate surface area is 96.5 Å². The van der Waals surface area contributed by atoms with Crippen molar-refractivity contribution in [2.45, 2.75) is 72.6 Å². The molecular formula is C15H28. The molecule has 0 aliphatic carbocycles. The fourth-order valence-corrected chi connectivity index (χ4v) is 1.67. The second kappa shape index (κ2) is 10.0. The zero-order chi connectivity index (χ0) is 11.5. The Bertz CT molecular complexity index is 192. The monoisotopic (exact) mass is 208 g/mol. The summed E-state index contributed by atoms with van der Waals surface area (Å²) in [5.41, 5.74) is 2.98. The van der Waals surface area contributed by atoms with Gasteiger partial charge in [-0.1, -0.05) is 62.8 Å². The second-order valence-corrected chi connectivity index (χ2v) is 4.60. The van der Waals surface area contributed by atoms with Crippen LogP contribution in [0.15, 0.2) is 23.3 Å². The van der Waals surface area contributed by atoms with Gasteiger partial charge in [0.15, 0.2) is 0 Å². The molecule has 0 heterocycles. The summed E-state index contributed by atoms with van der Waals surface area (Å²) in [7, 11) is 0. The summed E-state index contributed by atoms with van der Waals surface area (Å²) in [6, 6.07) is 0. The van der Waals surface area contributed by atoms with Gasteiger partial charge in [0.2, 0.25) is 0 Å². The molecule has 0 unspecified atom stereocenters. The van der Waals surface area contributed by atoms with E-state index >= 15 is 0 Å². The van der Waals surface area contributed by atoms with Gasteiger partial charge >= 0.3 is 0 Å². The molecule has 0 spiro atoms. The van der Waals surface area contributed by atoms with Crippen molar-refractivity contribution in [1.29, 1.82) is 0 Å². The van der Waals surface area contributed by atoms with Crippen molar-refractivity contribution in [1.82, 2.24) is 0 Å². The summed E-state index contributed by atoms with van der Waals surface area (Å²) in [6.45, 7) is 8.90. The average molecular weight is 208 g/mol. The number of hydrogen-bond donors (Lipinski definition) is 0. The van der Waals surface area contributed by atoms with Crippen molar-refractivity contribution < 1.29 is 0 Å². The highest BCUT2D eigenvalue weighted by molar-refractivity contribution is 5.21. The topological polar surface area (TPSA) is 0 Å². The molecule has 88 valence electrons. The lowest BCUT2D eigenvalue weighted by molar-refractivity contribution is 0.714. The fraction of sp³-hybridized carbons (Fsp3) is 0.733. The van der Waals surface area contributed by atoms with E-state index in [1.54, 1.807) is 5.57 Å². The first kappa shape index (κ1) is 14.5. The van der Waals surface area contributed by atoms with Crippen LogP contribution < -0.4 is 0 Å². The zero-order valence-electron chi connectivity index (χ0n) is 11.1. The SMILES string of the molecule is CCCC/C=C(\C=C(C)C)CCCCC. The van der Waals surface area contributed by atoms with Gasteiger partial charge in [0.05, 0.1) is 0 Å². The van der Waals surface area contributed by atoms with Crippen LogP contribution in [0.2, 0.25) is 0 Å². The summed E-state index contributed by atoms with van der Waals surface area (Å²) in [5, 5.41) is 0. The second-order valence-electron chi connectivity index (χ2n) is 4.60. The van der Waals surface area contributed by atoms with E-state index in [0.717, 1.165) is 0 Å². The molecule has 0 bridgehead atoms. The average Bonchev–Trinajstić information content (AvgIpc) is 2.17. The van der Waals surface area contributed by atoms with Crippen molar-refractivity contribution in [3.63, 3.8) is 0 Å². The van der Waals surface area contributed by atoms with Crippen LogP contribution >= 0.6 is 0 Å². The molecule has 0 amide bonds. The molecular weight excluding hydrogens is 180 g/mol. The van der Waals surface area contributed by atoms with E-state index in [-0.39, 0.29) is 0 Å². The van der Waals surface area contributed by atoms with E-state index in [2.05, 4.69) is 39.8 Å². The van der Waals surface area contributed by atoms with Gasteiger partial charge in [-0.25, -0.2) is 0 Å². The third-order valence-corrected chi connectivity index (χ3v) is 2.51. The third kappa shape index (κ3) is 9.78. The van der Waals surface area contributed by atoms with E-state index in [0.29, 0.717) is 0 Å². The number of unbranched alkanes of at least 4 members (excludes halogenated alkanes) is 4. The maximum absolute atomic E-state index is 2.44. The molecule has 0 nitrogen and oxygen atoms in total. The van der Waals surface area contributed by atoms with Crippen molar-refractivity contribution in [2.75, 3.05) is 0 Å². The fourth-order valence-electron chi connectivity index (χ4n) is 1.67. The highest BCUT2D eigenvalue weighted by Crippen LogP contribution is 2.14. The lowest BCUT2D eigenvalue weighted by Crippen LogP contribution is -1.83. The van der Waals surface area contributed by atoms with Crippen molar-refractivity contribution >= 4 is 0 Å². The number of allylic oxidation sites excluding steroid dienone is 4. The van der Waals surface area contributed by atoms with E-state index in [1.165, 1.54) is 50.5 Å². The quantitative estimate of drug-likeness (QED) is 0.357. The molecule has 0 aromatic carbocycles. The minimum Gasteiger partial charge on any atom is -0.0813 e. The molecule has 0 aliphatic heterocycles. The van der Waals surface area contributed by atoms with E-state index in [9.17, 15) is 0 Å². The third-order valence-electron chi connectivity index (χ3n) is 2.51. The lowest BCUT2D eigenvalue weighted by atomic mass is 10.0. The maximum atomic E-state index is 2.44. The first-order valence-corrected chi connectivity index (χ1v) is 6.54. The van der Waals surface area contributed by atoms with Crippen molar-refractivity contribution in [3.8, 4) is 0 Å². The Morgan fingerprint density at radius 2 is 1.60 bits per heavy atom. The van der Waals surface area contributed by atoms with Gasteiger partial charge in [-0.15, -0.1) is 0 Å². The lowest BCUT2D eigenvalue weighted by Gasteiger charge is -2.03. The predicted molar refractivity (Wildman–Crippen MR) is 71.2 cm³/mol. The molecule has 0 aliphatic rings. The van der Waals surface area contributed by atoms with Gasteiger partial charge < -0.3 is 0 Å². The smallest absolute Gasteiger partial charge is 0.0282 e. The van der Waals surface area contributed by atoms with Crippen LogP contribution in [0.5, 0.6) is 0 Å². The molecule has 15 heavy (non-hydrogen) atoms. The maximum Gasteiger partial charge on any atom is -0.0282 e. The Hall–Kier alpha value is -0.520. The molecule has 0 aromatic rings. The Balaban J connectivity index is 4.06. The molecule has 0 saturated carbocycles. The highest BCUT2D eigenvalue weighted by Gasteiger charge is 1.94. The Morgan fingerprint density at radius 1 is 0.933 bits per heavy atom. The molecule has 0 aromatic heterocycles. The summed E-state index contributed by atoms with van der Waals surface area (Å²) in [5.74, 6) is 0. The Kier molecular flexibility index (Phi) is 9.67. The normalized spacial score (nSPS) is 11.6. The summed E-state index contributed by atoms with van der Waals surface area (Å²) in [6.07, 6.45) is 14.0. The molecule has 0 atom stereocenters. The standard InChI is InChI=1S/C15H28/c1-5-7-9-11-15(13-14(3)4)12-10-8-6-2/h11,13H,5-10,12H2,1-4H3/b15-11-. The molecule has 0 fully saturated rings. The number of rotatable bonds is 8. The van der Waals surface area contributed by atoms with Gasteiger partial charge in [-0.3, -0.25) is 0 Å². The van der Waals surface area contributed by atoms with Gasteiger partial charge in [0.1, 0.15) is 0 Å². The molecule has 0 rings (SSSR count). The molecule has 0 saturated heterocycles. The van der Waals surface area contributed by atoms with Crippen LogP contribution in [0.3, 0.4) is 0 Å². The predicted octanol–water partition coefficient (Wildman–Crippen LogP) is 5.65. The molecule has 0 heteroatoms. The first-order chi connectivity index (χ1) is 7.20. The summed E-state index contributed by atoms with van der Waals surface area (Å²) in [4.78, 5) is 0. The van der Waals surface area contributed by atoms with Crippen LogP contribution in [-0.4, -0.2) is 0 Å². The van der Waals surface area contributed by atoms with Crippen LogP contribution in [0, 0.1) is 0 Å². The number of hydrogen-bond acceptors (Lipinski definition) is 0. The van der Waals surface area contributed by atoms with Crippen LogP contribution in [0.25, 0.3) is 0 Å². The minimum absolute atomic E-state index is 1.25. The molecule has 0 N–H and O–H groups in total. The van der Waals surface area contributed by atoms with Crippen LogP contribution in [-0.2, 0) is 0 Å². The van der Waals surface area contributed by atoms with Crippen LogP contribution in [0.1, 0.15) is 72.6 Å². The van der Waals surface area contributed by atoms with Crippen molar-refractivity contribution in [2.24, 2.45) is 0 Å². The molecule has 0 radical (unpaired) electrons. The van der Waals surface area contributed by atoms with E-state index < -0.39 is 0 Å². The Morgan fingerprint density at radius 3 is 2.13 bits per heavy atom. The van der Waals surface area contributed by atoms with Crippen LogP contribution in [0.4, 0.5) is 0 Å². The zero-order valence-corrected chi connectivity index (χ0v) is 11.1. The summed E-state index contributed by atoms with van der Waals surface area (Å²) < 4.78 is 0.